The molecule has 0 radical (unpaired) electrons. The van der Waals surface area contributed by atoms with E-state index in [1.807, 2.05) is 0 Å². The third-order valence-electron chi connectivity index (χ3n) is 2.45. The largest absolute Gasteiger partial charge is 0.313 e. The number of rotatable bonds is 1. The summed E-state index contributed by atoms with van der Waals surface area (Å²) in [6.07, 6.45) is 0.427. The number of halogens is 2. The summed E-state index contributed by atoms with van der Waals surface area (Å²) in [7, 11) is 0. The van der Waals surface area contributed by atoms with Crippen molar-refractivity contribution in [1.82, 2.24) is 5.32 Å². The fourth-order valence-corrected chi connectivity index (χ4v) is 1.68. The average molecular weight is 183 g/mol. The summed E-state index contributed by atoms with van der Waals surface area (Å²) < 4.78 is 26.8. The Morgan fingerprint density at radius 2 is 2.23 bits per heavy atom. The number of benzene rings is 1. The van der Waals surface area contributed by atoms with Crippen LogP contribution in [0.15, 0.2) is 24.3 Å². The molecule has 0 unspecified atom stereocenters. The van der Waals surface area contributed by atoms with Crippen molar-refractivity contribution in [2.45, 2.75) is 12.1 Å². The van der Waals surface area contributed by atoms with Crippen LogP contribution in [0.5, 0.6) is 0 Å². The molecule has 1 aliphatic heterocycles. The Bertz CT molecular complexity index is 306. The zero-order valence-electron chi connectivity index (χ0n) is 7.19. The first-order chi connectivity index (χ1) is 6.21. The van der Waals surface area contributed by atoms with E-state index in [0.717, 1.165) is 0 Å². The van der Waals surface area contributed by atoms with Gasteiger partial charge >= 0.3 is 0 Å². The van der Waals surface area contributed by atoms with Gasteiger partial charge in [-0.3, -0.25) is 0 Å². The average Bonchev–Trinajstić information content (AvgIpc) is 2.54. The van der Waals surface area contributed by atoms with E-state index in [1.54, 1.807) is 12.1 Å². The summed E-state index contributed by atoms with van der Waals surface area (Å²) in [6, 6.07) is 5.78. The van der Waals surface area contributed by atoms with Crippen LogP contribution in [0.25, 0.3) is 0 Å². The van der Waals surface area contributed by atoms with Crippen molar-refractivity contribution in [2.75, 3.05) is 13.1 Å². The van der Waals surface area contributed by atoms with E-state index >= 15 is 0 Å². The van der Waals surface area contributed by atoms with Crippen LogP contribution in [-0.2, 0) is 5.67 Å². The minimum atomic E-state index is -1.37. The Morgan fingerprint density at radius 3 is 2.85 bits per heavy atom. The Balaban J connectivity index is 2.33. The molecule has 1 atom stereocenters. The SMILES string of the molecule is Fc1cccc([C@]2(F)CCNC2)c1. The molecular formula is C10H11F2N. The van der Waals surface area contributed by atoms with Crippen molar-refractivity contribution in [3.63, 3.8) is 0 Å². The maximum Gasteiger partial charge on any atom is 0.149 e. The van der Waals surface area contributed by atoms with Gasteiger partial charge in [0.25, 0.3) is 0 Å². The van der Waals surface area contributed by atoms with Gasteiger partial charge in [-0.1, -0.05) is 12.1 Å². The zero-order chi connectivity index (χ0) is 9.31. The molecule has 1 N–H and O–H groups in total. The Morgan fingerprint density at radius 1 is 1.38 bits per heavy atom. The van der Waals surface area contributed by atoms with Crippen molar-refractivity contribution < 1.29 is 8.78 Å². The van der Waals surface area contributed by atoms with Gasteiger partial charge in [0.15, 0.2) is 0 Å². The van der Waals surface area contributed by atoms with Gasteiger partial charge in [-0.25, -0.2) is 8.78 Å². The van der Waals surface area contributed by atoms with Gasteiger partial charge in [0.1, 0.15) is 11.5 Å². The number of hydrogen-bond donors (Lipinski definition) is 1. The van der Waals surface area contributed by atoms with Gasteiger partial charge in [0.2, 0.25) is 0 Å². The molecule has 1 aliphatic rings. The number of alkyl halides is 1. The van der Waals surface area contributed by atoms with Gasteiger partial charge in [-0.2, -0.15) is 0 Å². The predicted octanol–water partition coefficient (Wildman–Crippen LogP) is 1.98. The van der Waals surface area contributed by atoms with E-state index in [4.69, 9.17) is 0 Å². The normalized spacial score (nSPS) is 27.8. The van der Waals surface area contributed by atoms with E-state index in [9.17, 15) is 8.78 Å². The summed E-state index contributed by atoms with van der Waals surface area (Å²) >= 11 is 0. The lowest BCUT2D eigenvalue weighted by Gasteiger charge is -2.18. The topological polar surface area (TPSA) is 12.0 Å². The van der Waals surface area contributed by atoms with E-state index in [1.165, 1.54) is 12.1 Å². The number of nitrogens with one attached hydrogen (secondary N) is 1. The second kappa shape index (κ2) is 3.07. The zero-order valence-corrected chi connectivity index (χ0v) is 7.19. The van der Waals surface area contributed by atoms with Crippen LogP contribution in [-0.4, -0.2) is 13.1 Å². The highest BCUT2D eigenvalue weighted by molar-refractivity contribution is 5.25. The van der Waals surface area contributed by atoms with Crippen LogP contribution in [0.2, 0.25) is 0 Å². The van der Waals surface area contributed by atoms with E-state index in [-0.39, 0.29) is 12.4 Å². The predicted molar refractivity (Wildman–Crippen MR) is 46.7 cm³/mol. The van der Waals surface area contributed by atoms with Crippen LogP contribution in [0.3, 0.4) is 0 Å². The molecular weight excluding hydrogens is 172 g/mol. The second-order valence-corrected chi connectivity index (χ2v) is 3.40. The quantitative estimate of drug-likeness (QED) is 0.702. The second-order valence-electron chi connectivity index (χ2n) is 3.40. The minimum Gasteiger partial charge on any atom is -0.313 e. The standard InChI is InChI=1S/C10H11F2N/c11-9-3-1-2-8(6-9)10(12)4-5-13-7-10/h1-3,6,13H,4-5,7H2/t10-/m0/s1. The fourth-order valence-electron chi connectivity index (χ4n) is 1.68. The first kappa shape index (κ1) is 8.63. The smallest absolute Gasteiger partial charge is 0.149 e. The monoisotopic (exact) mass is 183 g/mol. The van der Waals surface area contributed by atoms with Gasteiger partial charge in [0.05, 0.1) is 0 Å². The summed E-state index contributed by atoms with van der Waals surface area (Å²) in [5.41, 5.74) is -0.931. The van der Waals surface area contributed by atoms with E-state index < -0.39 is 5.67 Å². The molecule has 1 saturated heterocycles. The van der Waals surface area contributed by atoms with Crippen molar-refractivity contribution in [2.24, 2.45) is 0 Å². The molecule has 1 aromatic carbocycles. The van der Waals surface area contributed by atoms with Gasteiger partial charge in [-0.05, 0) is 30.7 Å². The van der Waals surface area contributed by atoms with Crippen LogP contribution >= 0.6 is 0 Å². The van der Waals surface area contributed by atoms with Gasteiger partial charge in [0, 0.05) is 6.54 Å². The first-order valence-electron chi connectivity index (χ1n) is 4.36. The highest BCUT2D eigenvalue weighted by Crippen LogP contribution is 2.32. The van der Waals surface area contributed by atoms with Crippen molar-refractivity contribution in [3.8, 4) is 0 Å². The summed E-state index contributed by atoms with van der Waals surface area (Å²) in [6.45, 7) is 0.948. The lowest BCUT2D eigenvalue weighted by atomic mass is 9.95. The molecule has 70 valence electrons. The number of hydrogen-bond acceptors (Lipinski definition) is 1. The van der Waals surface area contributed by atoms with E-state index in [2.05, 4.69) is 5.32 Å². The van der Waals surface area contributed by atoms with Crippen molar-refractivity contribution >= 4 is 0 Å². The first-order valence-corrected chi connectivity index (χ1v) is 4.36. The highest BCUT2D eigenvalue weighted by atomic mass is 19.1. The molecule has 2 rings (SSSR count). The Hall–Kier alpha value is -0.960. The highest BCUT2D eigenvalue weighted by Gasteiger charge is 2.35. The molecule has 1 aromatic rings. The van der Waals surface area contributed by atoms with Gasteiger partial charge in [-0.15, -0.1) is 0 Å². The van der Waals surface area contributed by atoms with Gasteiger partial charge < -0.3 is 5.32 Å². The van der Waals surface area contributed by atoms with Crippen LogP contribution in [0, 0.1) is 5.82 Å². The fraction of sp³-hybridized carbons (Fsp3) is 0.400. The lowest BCUT2D eigenvalue weighted by molar-refractivity contribution is 0.193. The Kier molecular flexibility index (Phi) is 2.04. The molecule has 3 heteroatoms. The van der Waals surface area contributed by atoms with Crippen LogP contribution in [0.4, 0.5) is 8.78 Å². The molecule has 1 nitrogen and oxygen atoms in total. The molecule has 13 heavy (non-hydrogen) atoms. The molecule has 0 spiro atoms. The maximum absolute atomic E-state index is 14.0. The van der Waals surface area contributed by atoms with Crippen molar-refractivity contribution in [3.05, 3.63) is 35.6 Å². The summed E-state index contributed by atoms with van der Waals surface area (Å²) in [5, 5.41) is 2.93. The molecule has 1 heterocycles. The summed E-state index contributed by atoms with van der Waals surface area (Å²) in [4.78, 5) is 0. The van der Waals surface area contributed by atoms with Crippen LogP contribution < -0.4 is 5.32 Å². The van der Waals surface area contributed by atoms with E-state index in [0.29, 0.717) is 18.5 Å². The third-order valence-corrected chi connectivity index (χ3v) is 2.45. The molecule has 0 aromatic heterocycles. The minimum absolute atomic E-state index is 0.288. The maximum atomic E-state index is 14.0. The molecule has 0 aliphatic carbocycles. The lowest BCUT2D eigenvalue weighted by Crippen LogP contribution is -2.23. The molecule has 1 fully saturated rings. The third kappa shape index (κ3) is 1.56. The van der Waals surface area contributed by atoms with Crippen molar-refractivity contribution in [1.29, 1.82) is 0 Å². The Labute approximate surface area is 75.8 Å². The molecule has 0 amide bonds. The molecule has 0 saturated carbocycles. The van der Waals surface area contributed by atoms with Crippen LogP contribution in [0.1, 0.15) is 12.0 Å². The summed E-state index contributed by atoms with van der Waals surface area (Å²) in [5.74, 6) is -0.374. The molecule has 0 bridgehead atoms.